The Morgan fingerprint density at radius 1 is 0.905 bits per heavy atom. The smallest absolute Gasteiger partial charge is 0.335 e. The summed E-state index contributed by atoms with van der Waals surface area (Å²) in [6, 6.07) is 0. The summed E-state index contributed by atoms with van der Waals surface area (Å²) < 4.78 is 0. The zero-order valence-corrected chi connectivity index (χ0v) is 12.1. The van der Waals surface area contributed by atoms with Crippen LogP contribution < -0.4 is 0 Å². The third-order valence-corrected chi connectivity index (χ3v) is 2.47. The molecule has 0 saturated carbocycles. The largest absolute Gasteiger partial charge is 0.479 e. The summed E-state index contributed by atoms with van der Waals surface area (Å²) in [4.78, 5) is 21.6. The Labute approximate surface area is 123 Å². The quantitative estimate of drug-likeness (QED) is 0.267. The van der Waals surface area contributed by atoms with E-state index in [4.69, 9.17) is 30.6 Å². The molecule has 6 N–H and O–H groups in total. The molecule has 21 heavy (non-hydrogen) atoms. The van der Waals surface area contributed by atoms with Crippen LogP contribution in [0.4, 0.5) is 0 Å². The summed E-state index contributed by atoms with van der Waals surface area (Å²) in [5, 5.41) is 49.8. The molecule has 0 bridgehead atoms. The van der Waals surface area contributed by atoms with E-state index >= 15 is 0 Å². The van der Waals surface area contributed by atoms with Crippen LogP contribution in [0.25, 0.3) is 0 Å². The van der Waals surface area contributed by atoms with Gasteiger partial charge < -0.3 is 30.6 Å². The first kappa shape index (κ1) is 22.0. The molecule has 0 radical (unpaired) electrons. The molecule has 0 amide bonds. The topological polar surface area (TPSA) is 159 Å². The molecule has 0 aromatic heterocycles. The van der Waals surface area contributed by atoms with Crippen LogP contribution in [0, 0.1) is 0 Å². The summed E-state index contributed by atoms with van der Waals surface area (Å²) in [6.45, 7) is 4.85. The molecular formula is C12H25NO8. The van der Waals surface area contributed by atoms with Crippen LogP contribution in [0.5, 0.6) is 0 Å². The molecule has 0 heterocycles. The molecule has 0 aliphatic rings. The minimum atomic E-state index is -2.27. The van der Waals surface area contributed by atoms with E-state index in [9.17, 15) is 9.59 Å². The highest BCUT2D eigenvalue weighted by Gasteiger charge is 2.29. The predicted molar refractivity (Wildman–Crippen MR) is 72.8 cm³/mol. The Kier molecular flexibility index (Phi) is 14.4. The van der Waals surface area contributed by atoms with Crippen LogP contribution >= 0.6 is 0 Å². The fraction of sp³-hybridized carbons (Fsp3) is 0.833. The lowest BCUT2D eigenvalue weighted by molar-refractivity contribution is -0.165. The van der Waals surface area contributed by atoms with E-state index in [-0.39, 0.29) is 13.2 Å². The van der Waals surface area contributed by atoms with Crippen molar-refractivity contribution in [2.45, 2.75) is 32.0 Å². The van der Waals surface area contributed by atoms with Crippen LogP contribution in [0.15, 0.2) is 0 Å². The molecule has 0 rings (SSSR count). The minimum Gasteiger partial charge on any atom is -0.479 e. The van der Waals surface area contributed by atoms with Crippen molar-refractivity contribution in [3.63, 3.8) is 0 Å². The van der Waals surface area contributed by atoms with Crippen molar-refractivity contribution in [2.75, 3.05) is 32.8 Å². The number of carbonyl (C=O) groups is 2. The van der Waals surface area contributed by atoms with Crippen LogP contribution in [0.2, 0.25) is 0 Å². The van der Waals surface area contributed by atoms with Crippen molar-refractivity contribution < 1.29 is 40.2 Å². The van der Waals surface area contributed by atoms with Gasteiger partial charge in [-0.1, -0.05) is 13.3 Å². The Morgan fingerprint density at radius 2 is 1.29 bits per heavy atom. The predicted octanol–water partition coefficient (Wildman–Crippen LogP) is -2.05. The lowest BCUT2D eigenvalue weighted by Crippen LogP contribution is -2.39. The van der Waals surface area contributed by atoms with Gasteiger partial charge in [0.1, 0.15) is 0 Å². The number of aliphatic hydroxyl groups is 4. The van der Waals surface area contributed by atoms with E-state index in [2.05, 4.69) is 11.8 Å². The molecule has 2 atom stereocenters. The fourth-order valence-electron chi connectivity index (χ4n) is 1.27. The van der Waals surface area contributed by atoms with Gasteiger partial charge >= 0.3 is 11.9 Å². The second kappa shape index (κ2) is 13.7. The second-order valence-corrected chi connectivity index (χ2v) is 4.21. The van der Waals surface area contributed by atoms with Gasteiger partial charge in [-0.2, -0.15) is 0 Å². The van der Waals surface area contributed by atoms with E-state index in [1.807, 2.05) is 0 Å². The van der Waals surface area contributed by atoms with Crippen molar-refractivity contribution in [1.29, 1.82) is 0 Å². The summed E-state index contributed by atoms with van der Waals surface area (Å²) in [5.41, 5.74) is 0. The van der Waals surface area contributed by atoms with Gasteiger partial charge in [-0.25, -0.2) is 9.59 Å². The van der Waals surface area contributed by atoms with Gasteiger partial charge in [0.2, 0.25) is 0 Å². The first-order valence-electron chi connectivity index (χ1n) is 6.57. The fourth-order valence-corrected chi connectivity index (χ4v) is 1.27. The zero-order chi connectivity index (χ0) is 16.8. The summed E-state index contributed by atoms with van der Waals surface area (Å²) >= 11 is 0. The number of carboxylic acid groups (broad SMARTS) is 2. The first-order chi connectivity index (χ1) is 9.81. The van der Waals surface area contributed by atoms with E-state index in [0.29, 0.717) is 13.1 Å². The number of nitrogens with zero attached hydrogens (tertiary/aromatic N) is 1. The van der Waals surface area contributed by atoms with E-state index < -0.39 is 24.1 Å². The monoisotopic (exact) mass is 311 g/mol. The van der Waals surface area contributed by atoms with Gasteiger partial charge in [-0.3, -0.25) is 4.90 Å². The van der Waals surface area contributed by atoms with Crippen molar-refractivity contribution in [3.8, 4) is 0 Å². The number of carboxylic acids is 2. The van der Waals surface area contributed by atoms with Gasteiger partial charge in [0.05, 0.1) is 13.2 Å². The molecule has 0 spiro atoms. The third-order valence-electron chi connectivity index (χ3n) is 2.47. The number of hydrogen-bond acceptors (Lipinski definition) is 7. The maximum atomic E-state index is 9.77. The highest BCUT2D eigenvalue weighted by atomic mass is 16.4. The maximum absolute atomic E-state index is 9.77. The second-order valence-electron chi connectivity index (χ2n) is 4.21. The molecule has 9 heteroatoms. The summed E-state index contributed by atoms with van der Waals surface area (Å²) in [5.74, 6) is -3.54. The number of rotatable bonds is 10. The average molecular weight is 311 g/mol. The zero-order valence-electron chi connectivity index (χ0n) is 12.1. The normalized spacial score (nSPS) is 13.2. The van der Waals surface area contributed by atoms with Crippen LogP contribution in [-0.4, -0.2) is 92.5 Å². The Balaban J connectivity index is 0. The third kappa shape index (κ3) is 12.2. The number of unbranched alkanes of at least 4 members (excludes halogenated alkanes) is 1. The minimum absolute atomic E-state index is 0.184. The standard InChI is InChI=1S/C8H19NO2.C4H6O6/c1-2-3-4-9(5-7-10)6-8-11;5-1(3(7)8)2(6)4(9)10/h10-11H,2-8H2,1H3;1-2,5-6H,(H,7,8)(H,9,10). The number of aliphatic hydroxyl groups excluding tert-OH is 4. The molecular weight excluding hydrogens is 286 g/mol. The highest BCUT2D eigenvalue weighted by molar-refractivity contribution is 5.83. The highest BCUT2D eigenvalue weighted by Crippen LogP contribution is 1.93. The molecule has 0 fully saturated rings. The van der Waals surface area contributed by atoms with E-state index in [0.717, 1.165) is 19.4 Å². The molecule has 0 aliphatic heterocycles. The lowest BCUT2D eigenvalue weighted by Gasteiger charge is -2.19. The van der Waals surface area contributed by atoms with Crippen LogP contribution in [0.3, 0.4) is 0 Å². The molecule has 0 aromatic carbocycles. The van der Waals surface area contributed by atoms with Gasteiger partial charge in [-0.15, -0.1) is 0 Å². The van der Waals surface area contributed by atoms with Gasteiger partial charge in [0.25, 0.3) is 0 Å². The average Bonchev–Trinajstić information content (AvgIpc) is 2.44. The first-order valence-corrected chi connectivity index (χ1v) is 6.57. The van der Waals surface area contributed by atoms with Crippen molar-refractivity contribution in [2.24, 2.45) is 0 Å². The van der Waals surface area contributed by atoms with E-state index in [1.54, 1.807) is 0 Å². The van der Waals surface area contributed by atoms with Gasteiger partial charge in [0.15, 0.2) is 12.2 Å². The molecule has 0 saturated heterocycles. The molecule has 0 aromatic rings. The van der Waals surface area contributed by atoms with Crippen molar-refractivity contribution >= 4 is 11.9 Å². The van der Waals surface area contributed by atoms with Crippen LogP contribution in [0.1, 0.15) is 19.8 Å². The van der Waals surface area contributed by atoms with Crippen molar-refractivity contribution in [3.05, 3.63) is 0 Å². The van der Waals surface area contributed by atoms with Crippen molar-refractivity contribution in [1.82, 2.24) is 4.90 Å². The van der Waals surface area contributed by atoms with Crippen LogP contribution in [-0.2, 0) is 9.59 Å². The Hall–Kier alpha value is -1.26. The number of aliphatic carboxylic acids is 2. The lowest BCUT2D eigenvalue weighted by atomic mass is 10.2. The molecule has 0 aliphatic carbocycles. The van der Waals surface area contributed by atoms with E-state index in [1.165, 1.54) is 0 Å². The van der Waals surface area contributed by atoms with Gasteiger partial charge in [0, 0.05) is 13.1 Å². The SMILES string of the molecule is CCCCN(CCO)CCO.O=C(O)C(O)C(O)C(=O)O. The number of hydrogen-bond donors (Lipinski definition) is 6. The maximum Gasteiger partial charge on any atom is 0.335 e. The molecule has 2 unspecified atom stereocenters. The summed E-state index contributed by atoms with van der Waals surface area (Å²) in [6.07, 6.45) is -2.23. The Morgan fingerprint density at radius 3 is 1.52 bits per heavy atom. The van der Waals surface area contributed by atoms with Gasteiger partial charge in [-0.05, 0) is 13.0 Å². The Bertz CT molecular complexity index is 262. The summed E-state index contributed by atoms with van der Waals surface area (Å²) in [7, 11) is 0. The molecule has 9 nitrogen and oxygen atoms in total. The molecule has 126 valence electrons.